The summed E-state index contributed by atoms with van der Waals surface area (Å²) >= 11 is 1.03. The Morgan fingerprint density at radius 3 is 2.39 bits per heavy atom. The Bertz CT molecular complexity index is 944. The van der Waals surface area contributed by atoms with Gasteiger partial charge in [0.25, 0.3) is 11.1 Å². The number of hydrogen-bond acceptors (Lipinski definition) is 4. The van der Waals surface area contributed by atoms with Crippen LogP contribution in [0.5, 0.6) is 0 Å². The Morgan fingerprint density at radius 2 is 1.71 bits per heavy atom. The number of carbonyl (C=O) groups is 2. The van der Waals surface area contributed by atoms with E-state index in [1.807, 2.05) is 37.3 Å². The van der Waals surface area contributed by atoms with E-state index in [0.717, 1.165) is 47.1 Å². The summed E-state index contributed by atoms with van der Waals surface area (Å²) in [5, 5.41) is -0.205. The zero-order valence-electron chi connectivity index (χ0n) is 16.3. The van der Waals surface area contributed by atoms with Crippen LogP contribution in [0.1, 0.15) is 35.1 Å². The number of thioether (sulfide) groups is 1. The van der Waals surface area contributed by atoms with Crippen LogP contribution in [0.2, 0.25) is 0 Å². The van der Waals surface area contributed by atoms with Crippen LogP contribution in [0.3, 0.4) is 0 Å². The maximum Gasteiger partial charge on any atom is 0.293 e. The number of rotatable bonds is 4. The Labute approximate surface area is 170 Å². The van der Waals surface area contributed by atoms with Crippen LogP contribution in [0, 0.1) is 13.8 Å². The number of nitrogens with zero attached hydrogens (tertiary/aromatic N) is 2. The van der Waals surface area contributed by atoms with Gasteiger partial charge in [0.15, 0.2) is 0 Å². The molecule has 0 unspecified atom stereocenters. The van der Waals surface area contributed by atoms with E-state index in [4.69, 9.17) is 0 Å². The SMILES string of the molecule is Cc1ccc(CN2C(=O)SC(=Cc3ccc(N4CCCC4)cc3C)C2=O)cc1. The number of aryl methyl sites for hydroxylation is 2. The van der Waals surface area contributed by atoms with E-state index in [-0.39, 0.29) is 11.1 Å². The molecule has 2 aromatic carbocycles. The van der Waals surface area contributed by atoms with Crippen LogP contribution in [-0.2, 0) is 11.3 Å². The number of amides is 2. The molecule has 2 aliphatic rings. The molecule has 0 spiro atoms. The number of hydrogen-bond donors (Lipinski definition) is 0. The molecule has 2 aromatic rings. The molecule has 2 heterocycles. The molecule has 0 N–H and O–H groups in total. The van der Waals surface area contributed by atoms with E-state index in [0.29, 0.717) is 11.4 Å². The van der Waals surface area contributed by atoms with E-state index in [1.54, 1.807) is 0 Å². The molecular weight excluding hydrogens is 368 g/mol. The predicted molar refractivity (Wildman–Crippen MR) is 115 cm³/mol. The molecule has 0 radical (unpaired) electrons. The average molecular weight is 393 g/mol. The summed E-state index contributed by atoms with van der Waals surface area (Å²) in [6.07, 6.45) is 4.34. The summed E-state index contributed by atoms with van der Waals surface area (Å²) in [6, 6.07) is 14.3. The van der Waals surface area contributed by atoms with Crippen LogP contribution < -0.4 is 4.90 Å². The quantitative estimate of drug-likeness (QED) is 0.676. The van der Waals surface area contributed by atoms with E-state index in [1.165, 1.54) is 23.4 Å². The number of imide groups is 1. The van der Waals surface area contributed by atoms with Gasteiger partial charge in [-0.1, -0.05) is 35.9 Å². The highest BCUT2D eigenvalue weighted by Gasteiger charge is 2.35. The van der Waals surface area contributed by atoms with Crippen LogP contribution in [0.4, 0.5) is 10.5 Å². The lowest BCUT2D eigenvalue weighted by Crippen LogP contribution is -2.27. The third kappa shape index (κ3) is 3.85. The highest BCUT2D eigenvalue weighted by molar-refractivity contribution is 8.18. The van der Waals surface area contributed by atoms with Crippen molar-refractivity contribution in [1.29, 1.82) is 0 Å². The van der Waals surface area contributed by atoms with E-state index >= 15 is 0 Å². The minimum atomic E-state index is -0.210. The zero-order valence-corrected chi connectivity index (χ0v) is 17.1. The van der Waals surface area contributed by atoms with E-state index in [9.17, 15) is 9.59 Å². The highest BCUT2D eigenvalue weighted by Crippen LogP contribution is 2.34. The Kier molecular flexibility index (Phi) is 5.27. The number of benzene rings is 2. The summed E-state index contributed by atoms with van der Waals surface area (Å²) in [7, 11) is 0. The van der Waals surface area contributed by atoms with Gasteiger partial charge < -0.3 is 4.90 Å². The van der Waals surface area contributed by atoms with E-state index in [2.05, 4.69) is 30.0 Å². The monoisotopic (exact) mass is 392 g/mol. The molecule has 0 aliphatic carbocycles. The van der Waals surface area contributed by atoms with Gasteiger partial charge in [0, 0.05) is 18.8 Å². The molecule has 4 nitrogen and oxygen atoms in total. The number of anilines is 1. The van der Waals surface area contributed by atoms with Crippen molar-refractivity contribution in [3.05, 3.63) is 69.6 Å². The second kappa shape index (κ2) is 7.84. The van der Waals surface area contributed by atoms with Crippen molar-refractivity contribution in [3.63, 3.8) is 0 Å². The normalized spacial score (nSPS) is 18.6. The van der Waals surface area contributed by atoms with Crippen molar-refractivity contribution < 1.29 is 9.59 Å². The summed E-state index contributed by atoms with van der Waals surface area (Å²) in [4.78, 5) is 29.4. The minimum Gasteiger partial charge on any atom is -0.372 e. The first kappa shape index (κ1) is 18.8. The Hall–Kier alpha value is -2.53. The van der Waals surface area contributed by atoms with Crippen molar-refractivity contribution in [3.8, 4) is 0 Å². The van der Waals surface area contributed by atoms with Crippen LogP contribution >= 0.6 is 11.8 Å². The zero-order chi connectivity index (χ0) is 19.7. The molecule has 144 valence electrons. The van der Waals surface area contributed by atoms with Crippen LogP contribution in [0.15, 0.2) is 47.4 Å². The third-order valence-corrected chi connectivity index (χ3v) is 6.25. The fourth-order valence-corrected chi connectivity index (χ4v) is 4.48. The van der Waals surface area contributed by atoms with Crippen molar-refractivity contribution in [1.82, 2.24) is 4.90 Å². The fourth-order valence-electron chi connectivity index (χ4n) is 3.65. The molecule has 2 aliphatic heterocycles. The summed E-state index contributed by atoms with van der Waals surface area (Å²) in [5.74, 6) is -0.210. The maximum atomic E-state index is 12.8. The fraction of sp³-hybridized carbons (Fsp3) is 0.304. The van der Waals surface area contributed by atoms with Gasteiger partial charge in [-0.3, -0.25) is 14.5 Å². The molecule has 5 heteroatoms. The molecular formula is C23H24N2O2S. The van der Waals surface area contributed by atoms with Crippen molar-refractivity contribution >= 4 is 34.7 Å². The van der Waals surface area contributed by atoms with Gasteiger partial charge >= 0.3 is 0 Å². The predicted octanol–water partition coefficient (Wildman–Crippen LogP) is 5.14. The smallest absolute Gasteiger partial charge is 0.293 e. The minimum absolute atomic E-state index is 0.205. The lowest BCUT2D eigenvalue weighted by atomic mass is 10.1. The Morgan fingerprint density at radius 1 is 1.00 bits per heavy atom. The largest absolute Gasteiger partial charge is 0.372 e. The molecule has 2 saturated heterocycles. The molecule has 2 fully saturated rings. The van der Waals surface area contributed by atoms with Gasteiger partial charge in [0.05, 0.1) is 11.4 Å². The second-order valence-electron chi connectivity index (χ2n) is 7.49. The van der Waals surface area contributed by atoms with Crippen LogP contribution in [0.25, 0.3) is 6.08 Å². The third-order valence-electron chi connectivity index (χ3n) is 5.35. The van der Waals surface area contributed by atoms with Gasteiger partial charge in [-0.2, -0.15) is 0 Å². The lowest BCUT2D eigenvalue weighted by molar-refractivity contribution is -0.123. The molecule has 0 bridgehead atoms. The van der Waals surface area contributed by atoms with Crippen molar-refractivity contribution in [2.24, 2.45) is 0 Å². The topological polar surface area (TPSA) is 40.6 Å². The van der Waals surface area contributed by atoms with Gasteiger partial charge in [-0.15, -0.1) is 0 Å². The van der Waals surface area contributed by atoms with Gasteiger partial charge in [0.2, 0.25) is 0 Å². The molecule has 0 aromatic heterocycles. The Balaban J connectivity index is 1.52. The second-order valence-corrected chi connectivity index (χ2v) is 8.48. The first-order valence-corrected chi connectivity index (χ1v) is 10.5. The summed E-state index contributed by atoms with van der Waals surface area (Å²) in [6.45, 7) is 6.61. The lowest BCUT2D eigenvalue weighted by Gasteiger charge is -2.18. The molecule has 2 amide bonds. The van der Waals surface area contributed by atoms with Crippen LogP contribution in [-0.4, -0.2) is 29.1 Å². The number of carbonyl (C=O) groups excluding carboxylic acids is 2. The standard InChI is InChI=1S/C23H24N2O2S/c1-16-5-7-18(8-6-16)15-25-22(26)21(28-23(25)27)14-19-9-10-20(13-17(19)2)24-11-3-4-12-24/h5-10,13-14H,3-4,11-12,15H2,1-2H3. The molecule has 0 atom stereocenters. The average Bonchev–Trinajstić information content (AvgIpc) is 3.30. The van der Waals surface area contributed by atoms with Crippen molar-refractivity contribution in [2.45, 2.75) is 33.2 Å². The van der Waals surface area contributed by atoms with Gasteiger partial charge in [0.1, 0.15) is 0 Å². The van der Waals surface area contributed by atoms with E-state index < -0.39 is 0 Å². The highest BCUT2D eigenvalue weighted by atomic mass is 32.2. The van der Waals surface area contributed by atoms with Gasteiger partial charge in [-0.05, 0) is 73.4 Å². The summed E-state index contributed by atoms with van der Waals surface area (Å²) in [5.41, 5.74) is 5.46. The first-order valence-electron chi connectivity index (χ1n) is 9.68. The summed E-state index contributed by atoms with van der Waals surface area (Å²) < 4.78 is 0. The maximum absolute atomic E-state index is 12.8. The molecule has 4 rings (SSSR count). The first-order chi connectivity index (χ1) is 13.5. The van der Waals surface area contributed by atoms with Gasteiger partial charge in [-0.25, -0.2) is 0 Å². The van der Waals surface area contributed by atoms with Crippen molar-refractivity contribution in [2.75, 3.05) is 18.0 Å². The molecule has 28 heavy (non-hydrogen) atoms. The molecule has 0 saturated carbocycles.